The number of rotatable bonds is 4. The fourth-order valence-corrected chi connectivity index (χ4v) is 3.13. The van der Waals surface area contributed by atoms with E-state index < -0.39 is 0 Å². The van der Waals surface area contributed by atoms with E-state index in [1.54, 1.807) is 0 Å². The highest BCUT2D eigenvalue weighted by Crippen LogP contribution is 2.34. The highest BCUT2D eigenvalue weighted by atomic mass is 15.1. The zero-order valence-corrected chi connectivity index (χ0v) is 10.3. The molecule has 0 bridgehead atoms. The predicted octanol–water partition coefficient (Wildman–Crippen LogP) is 2.30. The average molecular weight is 210 g/mol. The van der Waals surface area contributed by atoms with Gasteiger partial charge in [-0.15, -0.1) is 0 Å². The quantitative estimate of drug-likeness (QED) is 0.744. The van der Waals surface area contributed by atoms with Crippen molar-refractivity contribution in [2.45, 2.75) is 64.0 Å². The van der Waals surface area contributed by atoms with Gasteiger partial charge in [0.25, 0.3) is 0 Å². The van der Waals surface area contributed by atoms with Gasteiger partial charge in [-0.05, 0) is 38.3 Å². The van der Waals surface area contributed by atoms with Crippen LogP contribution in [-0.4, -0.2) is 24.7 Å². The Hall–Kier alpha value is -0.0800. The van der Waals surface area contributed by atoms with Crippen LogP contribution in [0.15, 0.2) is 0 Å². The van der Waals surface area contributed by atoms with Gasteiger partial charge in [0.1, 0.15) is 0 Å². The smallest absolute Gasteiger partial charge is 0.0347 e. The molecule has 2 heteroatoms. The second-order valence-corrected chi connectivity index (χ2v) is 5.55. The third-order valence-electron chi connectivity index (χ3n) is 4.49. The molecule has 3 atom stereocenters. The van der Waals surface area contributed by atoms with Gasteiger partial charge in [-0.25, -0.2) is 0 Å². The first kappa shape index (κ1) is 11.4. The van der Waals surface area contributed by atoms with Crippen molar-refractivity contribution in [3.8, 4) is 0 Å². The van der Waals surface area contributed by atoms with Crippen LogP contribution in [0.2, 0.25) is 0 Å². The summed E-state index contributed by atoms with van der Waals surface area (Å²) >= 11 is 0. The number of fused-ring (bicyclic) bond motifs is 1. The molecule has 0 aromatic rings. The van der Waals surface area contributed by atoms with E-state index in [1.807, 2.05) is 0 Å². The van der Waals surface area contributed by atoms with Gasteiger partial charge in [-0.2, -0.15) is 0 Å². The Labute approximate surface area is 94.2 Å². The lowest BCUT2D eigenvalue weighted by molar-refractivity contribution is 0.204. The normalized spacial score (nSPS) is 37.6. The van der Waals surface area contributed by atoms with Crippen molar-refractivity contribution in [1.82, 2.24) is 10.6 Å². The molecule has 0 aromatic carbocycles. The maximum absolute atomic E-state index is 3.89. The Balaban J connectivity index is 1.91. The number of nitrogens with one attached hydrogen (secondary N) is 2. The Bertz CT molecular complexity index is 205. The Morgan fingerprint density at radius 1 is 1.40 bits per heavy atom. The zero-order chi connectivity index (χ0) is 10.7. The molecule has 0 radical (unpaired) electrons. The summed E-state index contributed by atoms with van der Waals surface area (Å²) in [6.45, 7) is 7.06. The highest BCUT2D eigenvalue weighted by Gasteiger charge is 2.43. The van der Waals surface area contributed by atoms with Crippen molar-refractivity contribution in [3.63, 3.8) is 0 Å². The Kier molecular flexibility index (Phi) is 3.68. The first-order valence-electron chi connectivity index (χ1n) is 6.75. The van der Waals surface area contributed by atoms with E-state index in [-0.39, 0.29) is 0 Å². The molecule has 1 saturated heterocycles. The molecular weight excluding hydrogens is 184 g/mol. The van der Waals surface area contributed by atoms with E-state index in [4.69, 9.17) is 0 Å². The van der Waals surface area contributed by atoms with Crippen molar-refractivity contribution in [3.05, 3.63) is 0 Å². The minimum atomic E-state index is 0.460. The minimum absolute atomic E-state index is 0.460. The monoisotopic (exact) mass is 210 g/mol. The standard InChI is InChI=1S/C13H26N2/c1-3-11(2)10-15-13-7-5-4-6-12(13)14-9-8-13/h11-12,14-15H,3-10H2,1-2H3. The van der Waals surface area contributed by atoms with Gasteiger partial charge in [0.05, 0.1) is 0 Å². The fraction of sp³-hybridized carbons (Fsp3) is 1.00. The predicted molar refractivity (Wildman–Crippen MR) is 65.1 cm³/mol. The van der Waals surface area contributed by atoms with E-state index in [0.29, 0.717) is 5.54 Å². The molecule has 1 aliphatic carbocycles. The molecule has 88 valence electrons. The molecule has 1 saturated carbocycles. The Morgan fingerprint density at radius 2 is 2.27 bits per heavy atom. The van der Waals surface area contributed by atoms with Crippen LogP contribution in [0.1, 0.15) is 52.4 Å². The molecule has 2 nitrogen and oxygen atoms in total. The Morgan fingerprint density at radius 3 is 3.07 bits per heavy atom. The molecule has 2 N–H and O–H groups in total. The summed E-state index contributed by atoms with van der Waals surface area (Å²) in [5, 5.41) is 7.56. The maximum atomic E-state index is 3.89. The first-order valence-corrected chi connectivity index (χ1v) is 6.75. The molecule has 2 aliphatic rings. The van der Waals surface area contributed by atoms with Crippen molar-refractivity contribution < 1.29 is 0 Å². The average Bonchev–Trinajstić information content (AvgIpc) is 2.69. The van der Waals surface area contributed by atoms with Crippen molar-refractivity contribution >= 4 is 0 Å². The van der Waals surface area contributed by atoms with Gasteiger partial charge in [-0.3, -0.25) is 0 Å². The summed E-state index contributed by atoms with van der Waals surface area (Å²) < 4.78 is 0. The molecule has 2 rings (SSSR count). The van der Waals surface area contributed by atoms with Gasteiger partial charge in [0.2, 0.25) is 0 Å². The molecule has 0 aromatic heterocycles. The minimum Gasteiger partial charge on any atom is -0.312 e. The van der Waals surface area contributed by atoms with Crippen LogP contribution >= 0.6 is 0 Å². The molecule has 0 spiro atoms. The van der Waals surface area contributed by atoms with Crippen LogP contribution in [-0.2, 0) is 0 Å². The summed E-state index contributed by atoms with van der Waals surface area (Å²) in [5.74, 6) is 0.822. The van der Waals surface area contributed by atoms with E-state index in [9.17, 15) is 0 Å². The molecule has 1 aliphatic heterocycles. The van der Waals surface area contributed by atoms with Crippen LogP contribution in [0.4, 0.5) is 0 Å². The van der Waals surface area contributed by atoms with Crippen LogP contribution < -0.4 is 10.6 Å². The van der Waals surface area contributed by atoms with E-state index in [2.05, 4.69) is 24.5 Å². The maximum Gasteiger partial charge on any atom is 0.0347 e. The summed E-state index contributed by atoms with van der Waals surface area (Å²) in [6.07, 6.45) is 8.25. The summed E-state index contributed by atoms with van der Waals surface area (Å²) in [5.41, 5.74) is 0.460. The SMILES string of the molecule is CCC(C)CNC12CCCCC1NCC2. The second-order valence-electron chi connectivity index (χ2n) is 5.55. The van der Waals surface area contributed by atoms with E-state index >= 15 is 0 Å². The van der Waals surface area contributed by atoms with Gasteiger partial charge >= 0.3 is 0 Å². The molecule has 15 heavy (non-hydrogen) atoms. The van der Waals surface area contributed by atoms with Gasteiger partial charge in [0, 0.05) is 11.6 Å². The molecule has 2 fully saturated rings. The zero-order valence-electron chi connectivity index (χ0n) is 10.3. The van der Waals surface area contributed by atoms with Crippen molar-refractivity contribution in [1.29, 1.82) is 0 Å². The van der Waals surface area contributed by atoms with Crippen LogP contribution in [0.25, 0.3) is 0 Å². The third-order valence-corrected chi connectivity index (χ3v) is 4.49. The van der Waals surface area contributed by atoms with E-state index in [0.717, 1.165) is 12.0 Å². The number of hydrogen-bond acceptors (Lipinski definition) is 2. The van der Waals surface area contributed by atoms with E-state index in [1.165, 1.54) is 51.6 Å². The van der Waals surface area contributed by atoms with Crippen molar-refractivity contribution in [2.75, 3.05) is 13.1 Å². The van der Waals surface area contributed by atoms with Gasteiger partial charge in [-0.1, -0.05) is 33.1 Å². The highest BCUT2D eigenvalue weighted by molar-refractivity contribution is 5.06. The largest absolute Gasteiger partial charge is 0.312 e. The molecular formula is C13H26N2. The summed E-state index contributed by atoms with van der Waals surface area (Å²) in [4.78, 5) is 0. The second kappa shape index (κ2) is 4.84. The van der Waals surface area contributed by atoms with Crippen molar-refractivity contribution in [2.24, 2.45) is 5.92 Å². The van der Waals surface area contributed by atoms with Crippen LogP contribution in [0, 0.1) is 5.92 Å². The summed E-state index contributed by atoms with van der Waals surface area (Å²) in [7, 11) is 0. The van der Waals surface area contributed by atoms with Crippen LogP contribution in [0.3, 0.4) is 0 Å². The lowest BCUT2D eigenvalue weighted by atomic mass is 9.77. The lowest BCUT2D eigenvalue weighted by Gasteiger charge is -2.40. The lowest BCUT2D eigenvalue weighted by Crippen LogP contribution is -2.56. The molecule has 1 heterocycles. The molecule has 3 unspecified atom stereocenters. The fourth-order valence-electron chi connectivity index (χ4n) is 3.13. The number of hydrogen-bond donors (Lipinski definition) is 2. The van der Waals surface area contributed by atoms with Crippen LogP contribution in [0.5, 0.6) is 0 Å². The third kappa shape index (κ3) is 2.36. The summed E-state index contributed by atoms with van der Waals surface area (Å²) in [6, 6.07) is 0.760. The van der Waals surface area contributed by atoms with Gasteiger partial charge < -0.3 is 10.6 Å². The van der Waals surface area contributed by atoms with Gasteiger partial charge in [0.15, 0.2) is 0 Å². The molecule has 0 amide bonds. The topological polar surface area (TPSA) is 24.1 Å². The first-order chi connectivity index (χ1) is 7.27.